The van der Waals surface area contributed by atoms with Crippen LogP contribution in [0.1, 0.15) is 11.1 Å². The predicted molar refractivity (Wildman–Crippen MR) is 107 cm³/mol. The normalized spacial score (nSPS) is 10.8. The highest BCUT2D eigenvalue weighted by Gasteiger charge is 2.09. The number of fused-ring (bicyclic) bond motifs is 1. The van der Waals surface area contributed by atoms with Gasteiger partial charge < -0.3 is 10.1 Å². The average Bonchev–Trinajstić information content (AvgIpc) is 2.63. The minimum absolute atomic E-state index is 0.434. The Morgan fingerprint density at radius 2 is 1.84 bits per heavy atom. The summed E-state index contributed by atoms with van der Waals surface area (Å²) in [5, 5.41) is 6.83. The quantitative estimate of drug-likeness (QED) is 0.406. The molecular weight excluding hydrogens is 353 g/mol. The highest BCUT2D eigenvalue weighted by molar-refractivity contribution is 6.42. The maximum Gasteiger partial charge on any atom is 0.124 e. The van der Waals surface area contributed by atoms with Crippen molar-refractivity contribution in [3.05, 3.63) is 88.4 Å². The van der Waals surface area contributed by atoms with E-state index in [0.29, 0.717) is 23.2 Å². The van der Waals surface area contributed by atoms with Crippen LogP contribution >= 0.6 is 23.2 Å². The van der Waals surface area contributed by atoms with Crippen molar-refractivity contribution < 1.29 is 4.74 Å². The van der Waals surface area contributed by atoms with Gasteiger partial charge in [0.25, 0.3) is 0 Å². The van der Waals surface area contributed by atoms with Crippen LogP contribution in [-0.4, -0.2) is 6.54 Å². The molecule has 1 N–H and O–H groups in total. The fraction of sp³-hybridized carbons (Fsp3) is 0.143. The molecule has 0 saturated carbocycles. The zero-order valence-electron chi connectivity index (χ0n) is 13.8. The Balaban J connectivity index is 1.87. The molecule has 0 fully saturated rings. The van der Waals surface area contributed by atoms with E-state index >= 15 is 0 Å². The number of benzene rings is 3. The molecule has 3 aromatic carbocycles. The van der Waals surface area contributed by atoms with Gasteiger partial charge in [-0.2, -0.15) is 0 Å². The molecule has 2 nitrogen and oxygen atoms in total. The van der Waals surface area contributed by atoms with Crippen LogP contribution in [0, 0.1) is 0 Å². The minimum Gasteiger partial charge on any atom is -0.489 e. The number of ether oxygens (including phenoxy) is 1. The van der Waals surface area contributed by atoms with E-state index in [1.807, 2.05) is 36.4 Å². The van der Waals surface area contributed by atoms with Crippen molar-refractivity contribution in [2.75, 3.05) is 6.54 Å². The van der Waals surface area contributed by atoms with Crippen molar-refractivity contribution in [3.63, 3.8) is 0 Å². The molecule has 0 unspecified atom stereocenters. The molecule has 0 radical (unpaired) electrons. The molecule has 0 aromatic heterocycles. The first-order valence-electron chi connectivity index (χ1n) is 8.08. The van der Waals surface area contributed by atoms with Gasteiger partial charge in [-0.3, -0.25) is 0 Å². The third-order valence-electron chi connectivity index (χ3n) is 3.97. The highest BCUT2D eigenvalue weighted by atomic mass is 35.5. The summed E-state index contributed by atoms with van der Waals surface area (Å²) in [6, 6.07) is 17.9. The van der Waals surface area contributed by atoms with Gasteiger partial charge in [0.2, 0.25) is 0 Å². The Morgan fingerprint density at radius 1 is 1.00 bits per heavy atom. The molecule has 0 spiro atoms. The zero-order valence-corrected chi connectivity index (χ0v) is 15.3. The third kappa shape index (κ3) is 4.35. The lowest BCUT2D eigenvalue weighted by atomic mass is 10.0. The summed E-state index contributed by atoms with van der Waals surface area (Å²) in [5.41, 5.74) is 2.12. The van der Waals surface area contributed by atoms with Crippen LogP contribution in [0.25, 0.3) is 10.8 Å². The molecule has 25 heavy (non-hydrogen) atoms. The van der Waals surface area contributed by atoms with Crippen molar-refractivity contribution in [1.82, 2.24) is 5.32 Å². The van der Waals surface area contributed by atoms with Gasteiger partial charge in [0.05, 0.1) is 10.0 Å². The average molecular weight is 372 g/mol. The van der Waals surface area contributed by atoms with Gasteiger partial charge >= 0.3 is 0 Å². The molecule has 128 valence electrons. The summed E-state index contributed by atoms with van der Waals surface area (Å²) in [6.45, 7) is 5.64. The first kappa shape index (κ1) is 17.8. The lowest BCUT2D eigenvalue weighted by Crippen LogP contribution is -2.14. The van der Waals surface area contributed by atoms with Gasteiger partial charge in [-0.05, 0) is 34.5 Å². The summed E-state index contributed by atoms with van der Waals surface area (Å²) < 4.78 is 6.09. The SMILES string of the molecule is C=CCNCc1c(OCc2ccc(Cl)c(Cl)c2)ccc2ccccc12. The fourth-order valence-corrected chi connectivity index (χ4v) is 3.04. The van der Waals surface area contributed by atoms with Crippen molar-refractivity contribution in [2.45, 2.75) is 13.2 Å². The summed E-state index contributed by atoms with van der Waals surface area (Å²) >= 11 is 12.1. The van der Waals surface area contributed by atoms with Gasteiger partial charge in [0, 0.05) is 18.7 Å². The van der Waals surface area contributed by atoms with Crippen LogP contribution in [0.3, 0.4) is 0 Å². The highest BCUT2D eigenvalue weighted by Crippen LogP contribution is 2.29. The molecule has 3 rings (SSSR count). The van der Waals surface area contributed by atoms with E-state index in [1.54, 1.807) is 6.07 Å². The maximum atomic E-state index is 6.09. The smallest absolute Gasteiger partial charge is 0.124 e. The molecule has 0 aliphatic heterocycles. The standard InChI is InChI=1S/C21H19Cl2NO/c1-2-11-24-13-18-17-6-4-3-5-16(17)8-10-21(18)25-14-15-7-9-19(22)20(23)12-15/h2-10,12,24H,1,11,13-14H2. The van der Waals surface area contributed by atoms with Crippen molar-refractivity contribution in [2.24, 2.45) is 0 Å². The van der Waals surface area contributed by atoms with E-state index < -0.39 is 0 Å². The monoisotopic (exact) mass is 371 g/mol. The second-order valence-corrected chi connectivity index (χ2v) is 6.53. The second-order valence-electron chi connectivity index (χ2n) is 5.72. The van der Waals surface area contributed by atoms with E-state index in [1.165, 1.54) is 10.8 Å². The van der Waals surface area contributed by atoms with Crippen molar-refractivity contribution in [1.29, 1.82) is 0 Å². The molecule has 0 bridgehead atoms. The van der Waals surface area contributed by atoms with E-state index in [0.717, 1.165) is 23.4 Å². The molecule has 0 aliphatic carbocycles. The minimum atomic E-state index is 0.434. The van der Waals surface area contributed by atoms with E-state index in [9.17, 15) is 0 Å². The Bertz CT molecular complexity index is 892. The molecule has 0 heterocycles. The van der Waals surface area contributed by atoms with Gasteiger partial charge in [0.15, 0.2) is 0 Å². The molecule has 0 saturated heterocycles. The molecule has 0 atom stereocenters. The van der Waals surface area contributed by atoms with E-state index in [4.69, 9.17) is 27.9 Å². The lowest BCUT2D eigenvalue weighted by molar-refractivity contribution is 0.303. The summed E-state index contributed by atoms with van der Waals surface area (Å²) in [6.07, 6.45) is 1.85. The van der Waals surface area contributed by atoms with Crippen LogP contribution in [0.5, 0.6) is 5.75 Å². The summed E-state index contributed by atoms with van der Waals surface area (Å²) in [5.74, 6) is 0.862. The topological polar surface area (TPSA) is 21.3 Å². The Morgan fingerprint density at radius 3 is 2.64 bits per heavy atom. The second kappa shape index (κ2) is 8.39. The van der Waals surface area contributed by atoms with Crippen molar-refractivity contribution in [3.8, 4) is 5.75 Å². The first-order valence-corrected chi connectivity index (χ1v) is 8.83. The Kier molecular flexibility index (Phi) is 5.98. The summed E-state index contributed by atoms with van der Waals surface area (Å²) in [7, 11) is 0. The molecule has 3 aromatic rings. The maximum absolute atomic E-state index is 6.09. The zero-order chi connectivity index (χ0) is 17.6. The Hall–Kier alpha value is -2.00. The van der Waals surface area contributed by atoms with Crippen LogP contribution in [-0.2, 0) is 13.2 Å². The third-order valence-corrected chi connectivity index (χ3v) is 4.71. The van der Waals surface area contributed by atoms with Gasteiger partial charge in [-0.15, -0.1) is 6.58 Å². The van der Waals surface area contributed by atoms with E-state index in [2.05, 4.69) is 30.1 Å². The van der Waals surface area contributed by atoms with Crippen LogP contribution in [0.2, 0.25) is 10.0 Å². The number of rotatable bonds is 7. The number of hydrogen-bond acceptors (Lipinski definition) is 2. The van der Waals surface area contributed by atoms with Crippen LogP contribution < -0.4 is 10.1 Å². The molecule has 0 amide bonds. The van der Waals surface area contributed by atoms with Gasteiger partial charge in [0.1, 0.15) is 12.4 Å². The van der Waals surface area contributed by atoms with Crippen molar-refractivity contribution >= 4 is 34.0 Å². The van der Waals surface area contributed by atoms with E-state index in [-0.39, 0.29) is 0 Å². The first-order chi connectivity index (χ1) is 12.2. The van der Waals surface area contributed by atoms with Gasteiger partial charge in [-0.1, -0.05) is 65.7 Å². The van der Waals surface area contributed by atoms with Crippen LogP contribution in [0.4, 0.5) is 0 Å². The fourth-order valence-electron chi connectivity index (χ4n) is 2.72. The molecule has 0 aliphatic rings. The predicted octanol–water partition coefficient (Wildman–Crippen LogP) is 6.00. The largest absolute Gasteiger partial charge is 0.489 e. The van der Waals surface area contributed by atoms with Gasteiger partial charge in [-0.25, -0.2) is 0 Å². The Labute approximate surface area is 158 Å². The number of halogens is 2. The number of hydrogen-bond donors (Lipinski definition) is 1. The van der Waals surface area contributed by atoms with Crippen LogP contribution in [0.15, 0.2) is 67.3 Å². The molecule has 4 heteroatoms. The number of nitrogens with one attached hydrogen (secondary N) is 1. The summed E-state index contributed by atoms with van der Waals surface area (Å²) in [4.78, 5) is 0. The molecular formula is C21H19Cl2NO. The lowest BCUT2D eigenvalue weighted by Gasteiger charge is -2.15.